The fraction of sp³-hybridized carbons (Fsp3) is 0.667. The Morgan fingerprint density at radius 2 is 2.04 bits per heavy atom. The van der Waals surface area contributed by atoms with Crippen LogP contribution in [0.15, 0.2) is 12.1 Å². The van der Waals surface area contributed by atoms with Crippen molar-refractivity contribution >= 4 is 20.0 Å². The standard InChI is InChI=1S/C21H31N3O3Si/c1-8-20(11-12-27-28(6,7)19(2,3)4)17-15(9-10-16(22-5)23-17)21(13-26-14-21)24-18(20)25/h9-10H,8,11-14H2,1-4,6-7H3,(H,24,25). The number of ether oxygens (including phenoxy) is 1. The molecule has 6 nitrogen and oxygen atoms in total. The minimum absolute atomic E-state index is 0.0285. The zero-order valence-electron chi connectivity index (χ0n) is 17.8. The predicted octanol–water partition coefficient (Wildman–Crippen LogP) is 4.05. The molecular weight excluding hydrogens is 370 g/mol. The van der Waals surface area contributed by atoms with Gasteiger partial charge in [-0.2, -0.15) is 0 Å². The van der Waals surface area contributed by atoms with E-state index in [9.17, 15) is 4.79 Å². The summed E-state index contributed by atoms with van der Waals surface area (Å²) < 4.78 is 11.8. The molecule has 0 bridgehead atoms. The monoisotopic (exact) mass is 401 g/mol. The molecule has 0 aliphatic carbocycles. The number of nitrogens with one attached hydrogen (secondary N) is 1. The van der Waals surface area contributed by atoms with Gasteiger partial charge in [-0.25, -0.2) is 0 Å². The second kappa shape index (κ2) is 6.94. The minimum atomic E-state index is -1.91. The maximum Gasteiger partial charge on any atom is 0.269 e. The number of carbonyl (C=O) groups excluding carboxylic acids is 1. The SMILES string of the molecule is [C-]#[N+]c1ccc2c(n1)C(CC)(CCO[Si](C)(C)C(C)(C)C)C(=O)NC21COC1. The molecular formula is C21H31N3O3Si. The Kier molecular flexibility index (Phi) is 5.20. The first kappa shape index (κ1) is 21.0. The number of pyridine rings is 1. The zero-order valence-corrected chi connectivity index (χ0v) is 18.8. The molecule has 1 aromatic rings. The Balaban J connectivity index is 1.97. The van der Waals surface area contributed by atoms with Crippen LogP contribution in [-0.2, 0) is 24.9 Å². The Hall–Kier alpha value is -1.75. The Morgan fingerprint density at radius 1 is 1.36 bits per heavy atom. The number of nitrogens with zero attached hydrogens (tertiary/aromatic N) is 2. The first-order chi connectivity index (χ1) is 13.0. The number of hydrogen-bond donors (Lipinski definition) is 1. The Labute approximate surface area is 169 Å². The maximum atomic E-state index is 13.3. The van der Waals surface area contributed by atoms with E-state index in [4.69, 9.17) is 15.7 Å². The lowest BCUT2D eigenvalue weighted by molar-refractivity contribution is -0.144. The Bertz CT molecular complexity index is 821. The van der Waals surface area contributed by atoms with Crippen LogP contribution in [0.2, 0.25) is 18.1 Å². The maximum absolute atomic E-state index is 13.3. The van der Waals surface area contributed by atoms with Crippen LogP contribution in [0.4, 0.5) is 5.82 Å². The summed E-state index contributed by atoms with van der Waals surface area (Å²) in [6.45, 7) is 21.8. The normalized spacial score (nSPS) is 23.5. The number of hydrogen-bond acceptors (Lipinski definition) is 4. The molecule has 3 rings (SSSR count). The highest BCUT2D eigenvalue weighted by molar-refractivity contribution is 6.74. The lowest BCUT2D eigenvalue weighted by atomic mass is 9.68. The van der Waals surface area contributed by atoms with E-state index in [0.717, 1.165) is 11.3 Å². The number of rotatable bonds is 5. The molecule has 2 aliphatic heterocycles. The first-order valence-electron chi connectivity index (χ1n) is 9.95. The second-order valence-corrected chi connectivity index (χ2v) is 14.3. The van der Waals surface area contributed by atoms with Crippen molar-refractivity contribution in [3.05, 3.63) is 34.8 Å². The van der Waals surface area contributed by atoms with Crippen molar-refractivity contribution in [3.63, 3.8) is 0 Å². The van der Waals surface area contributed by atoms with Gasteiger partial charge in [0.2, 0.25) is 5.91 Å². The molecule has 1 spiro atoms. The fourth-order valence-electron chi connectivity index (χ4n) is 3.74. The predicted molar refractivity (Wildman–Crippen MR) is 111 cm³/mol. The van der Waals surface area contributed by atoms with Gasteiger partial charge in [-0.15, -0.1) is 4.98 Å². The van der Waals surface area contributed by atoms with Crippen molar-refractivity contribution in [2.45, 2.75) is 69.6 Å². The van der Waals surface area contributed by atoms with Crippen molar-refractivity contribution in [3.8, 4) is 0 Å². The molecule has 7 heteroatoms. The minimum Gasteiger partial charge on any atom is -0.417 e. The van der Waals surface area contributed by atoms with Crippen molar-refractivity contribution in [1.29, 1.82) is 0 Å². The van der Waals surface area contributed by atoms with E-state index in [2.05, 4.69) is 49.0 Å². The highest BCUT2D eigenvalue weighted by Gasteiger charge is 2.57. The number of fused-ring (bicyclic) bond motifs is 2. The van der Waals surface area contributed by atoms with Gasteiger partial charge in [0.1, 0.15) is 11.0 Å². The van der Waals surface area contributed by atoms with E-state index in [0.29, 0.717) is 38.5 Å². The number of aromatic nitrogens is 1. The van der Waals surface area contributed by atoms with E-state index in [1.807, 2.05) is 13.0 Å². The van der Waals surface area contributed by atoms with E-state index < -0.39 is 19.3 Å². The molecule has 1 fully saturated rings. The summed E-state index contributed by atoms with van der Waals surface area (Å²) in [6, 6.07) is 3.67. The average Bonchev–Trinajstić information content (AvgIpc) is 2.60. The molecule has 0 radical (unpaired) electrons. The molecule has 1 saturated heterocycles. The summed E-state index contributed by atoms with van der Waals surface area (Å²) in [5.74, 6) is 0.297. The number of amides is 1. The summed E-state index contributed by atoms with van der Waals surface area (Å²) >= 11 is 0. The van der Waals surface area contributed by atoms with E-state index in [-0.39, 0.29) is 10.9 Å². The second-order valence-electron chi connectivity index (χ2n) is 9.50. The van der Waals surface area contributed by atoms with Crippen LogP contribution in [0.1, 0.15) is 51.8 Å². The molecule has 1 unspecified atom stereocenters. The van der Waals surface area contributed by atoms with Gasteiger partial charge in [0.25, 0.3) is 5.82 Å². The van der Waals surface area contributed by atoms with Crippen molar-refractivity contribution in [2.24, 2.45) is 0 Å². The van der Waals surface area contributed by atoms with Gasteiger partial charge in [-0.05, 0) is 37.0 Å². The summed E-state index contributed by atoms with van der Waals surface area (Å²) in [5, 5.41) is 3.33. The summed E-state index contributed by atoms with van der Waals surface area (Å²) in [5.41, 5.74) is 0.437. The third kappa shape index (κ3) is 3.17. The van der Waals surface area contributed by atoms with Crippen LogP contribution in [-0.4, -0.2) is 39.0 Å². The fourth-order valence-corrected chi connectivity index (χ4v) is 4.79. The van der Waals surface area contributed by atoms with Crippen molar-refractivity contribution in [2.75, 3.05) is 19.8 Å². The van der Waals surface area contributed by atoms with Gasteiger partial charge < -0.3 is 19.3 Å². The third-order valence-electron chi connectivity index (χ3n) is 6.85. The molecule has 1 amide bonds. The molecule has 3 heterocycles. The van der Waals surface area contributed by atoms with Crippen LogP contribution >= 0.6 is 0 Å². The Morgan fingerprint density at radius 3 is 2.54 bits per heavy atom. The largest absolute Gasteiger partial charge is 0.417 e. The van der Waals surface area contributed by atoms with Gasteiger partial charge >= 0.3 is 0 Å². The van der Waals surface area contributed by atoms with E-state index in [1.165, 1.54) is 0 Å². The number of carbonyl (C=O) groups is 1. The summed E-state index contributed by atoms with van der Waals surface area (Å²) in [7, 11) is -1.91. The van der Waals surface area contributed by atoms with Crippen molar-refractivity contribution < 1.29 is 14.0 Å². The lowest BCUT2D eigenvalue weighted by Gasteiger charge is -2.49. The quantitative estimate of drug-likeness (QED) is 0.597. The molecule has 28 heavy (non-hydrogen) atoms. The summed E-state index contributed by atoms with van der Waals surface area (Å²) in [4.78, 5) is 21.5. The van der Waals surface area contributed by atoms with E-state index in [1.54, 1.807) is 6.07 Å². The van der Waals surface area contributed by atoms with Gasteiger partial charge in [0.15, 0.2) is 14.0 Å². The van der Waals surface area contributed by atoms with Gasteiger partial charge in [0, 0.05) is 12.2 Å². The molecule has 0 saturated carbocycles. The van der Waals surface area contributed by atoms with Gasteiger partial charge in [0.05, 0.1) is 13.2 Å². The van der Waals surface area contributed by atoms with Crippen LogP contribution in [0.5, 0.6) is 0 Å². The van der Waals surface area contributed by atoms with Crippen molar-refractivity contribution in [1.82, 2.24) is 10.3 Å². The first-order valence-corrected chi connectivity index (χ1v) is 12.9. The average molecular weight is 402 g/mol. The van der Waals surface area contributed by atoms with Gasteiger partial charge in [-0.3, -0.25) is 4.79 Å². The molecule has 1 aromatic heterocycles. The topological polar surface area (TPSA) is 64.8 Å². The smallest absolute Gasteiger partial charge is 0.269 e. The molecule has 2 aliphatic rings. The van der Waals surface area contributed by atoms with E-state index >= 15 is 0 Å². The molecule has 1 atom stereocenters. The zero-order chi connectivity index (χ0) is 20.8. The summed E-state index contributed by atoms with van der Waals surface area (Å²) in [6.07, 6.45) is 1.16. The van der Waals surface area contributed by atoms with Crippen LogP contribution in [0.3, 0.4) is 0 Å². The third-order valence-corrected chi connectivity index (χ3v) is 11.4. The van der Waals surface area contributed by atoms with Crippen LogP contribution in [0.25, 0.3) is 4.85 Å². The lowest BCUT2D eigenvalue weighted by Crippen LogP contribution is -2.67. The molecule has 0 aromatic carbocycles. The van der Waals surface area contributed by atoms with Crippen LogP contribution < -0.4 is 5.32 Å². The molecule has 1 N–H and O–H groups in total. The van der Waals surface area contributed by atoms with Gasteiger partial charge in [-0.1, -0.05) is 40.3 Å². The van der Waals surface area contributed by atoms with Crippen LogP contribution in [0, 0.1) is 6.57 Å². The highest BCUT2D eigenvalue weighted by Crippen LogP contribution is 2.46. The molecule has 152 valence electrons. The highest BCUT2D eigenvalue weighted by atomic mass is 28.4.